The summed E-state index contributed by atoms with van der Waals surface area (Å²) in [5, 5.41) is 0. The van der Waals surface area contributed by atoms with Crippen LogP contribution in [0, 0.1) is 5.92 Å². The van der Waals surface area contributed by atoms with Gasteiger partial charge in [-0.3, -0.25) is 0 Å². The molecule has 1 atom stereocenters. The van der Waals surface area contributed by atoms with Crippen molar-refractivity contribution in [3.63, 3.8) is 0 Å². The molecule has 0 amide bonds. The Morgan fingerprint density at radius 3 is 2.33 bits per heavy atom. The third kappa shape index (κ3) is 13.4. The average molecular weight is 339 g/mol. The van der Waals surface area contributed by atoms with E-state index in [1.165, 1.54) is 12.5 Å². The van der Waals surface area contributed by atoms with E-state index in [2.05, 4.69) is 47.6 Å². The minimum absolute atomic E-state index is 0.0766. The molecule has 0 aliphatic carbocycles. The minimum atomic E-state index is -0.270. The summed E-state index contributed by atoms with van der Waals surface area (Å²) in [7, 11) is 0. The van der Waals surface area contributed by atoms with E-state index in [9.17, 15) is 4.79 Å². The number of hydrogen-bond acceptors (Lipinski definition) is 3. The SMILES string of the molecule is CCOC(=O)/C=C(C)/C=C/CC(C)CCCC(C)(C)OC(C)(C)C. The van der Waals surface area contributed by atoms with Gasteiger partial charge in [0.1, 0.15) is 0 Å². The van der Waals surface area contributed by atoms with Crippen molar-refractivity contribution in [2.75, 3.05) is 6.61 Å². The lowest BCUT2D eigenvalue weighted by atomic mass is 9.94. The first-order chi connectivity index (χ1) is 10.9. The summed E-state index contributed by atoms with van der Waals surface area (Å²) in [6.07, 6.45) is 10.1. The molecule has 0 spiro atoms. The highest BCUT2D eigenvalue weighted by Crippen LogP contribution is 2.26. The van der Waals surface area contributed by atoms with Gasteiger partial charge in [0.2, 0.25) is 0 Å². The molecule has 0 N–H and O–H groups in total. The van der Waals surface area contributed by atoms with Crippen LogP contribution in [0.3, 0.4) is 0 Å². The fourth-order valence-corrected chi connectivity index (χ4v) is 2.78. The third-order valence-electron chi connectivity index (χ3n) is 3.61. The summed E-state index contributed by atoms with van der Waals surface area (Å²) in [5.41, 5.74) is 0.758. The maximum atomic E-state index is 11.3. The molecule has 0 aliphatic heterocycles. The highest BCUT2D eigenvalue weighted by Gasteiger charge is 2.25. The van der Waals surface area contributed by atoms with Gasteiger partial charge in [0, 0.05) is 6.08 Å². The second-order valence-electron chi connectivity index (χ2n) is 8.25. The molecule has 0 fully saturated rings. The number of ether oxygens (including phenoxy) is 2. The number of rotatable bonds is 10. The quantitative estimate of drug-likeness (QED) is 0.285. The van der Waals surface area contributed by atoms with E-state index in [0.29, 0.717) is 12.5 Å². The Bertz CT molecular complexity index is 425. The lowest BCUT2D eigenvalue weighted by Crippen LogP contribution is -2.34. The molecule has 140 valence electrons. The molecule has 0 saturated carbocycles. The predicted molar refractivity (Wildman–Crippen MR) is 102 cm³/mol. The second kappa shape index (κ2) is 10.7. The van der Waals surface area contributed by atoms with Gasteiger partial charge in [-0.1, -0.05) is 31.9 Å². The molecule has 0 aromatic rings. The Hall–Kier alpha value is -1.09. The minimum Gasteiger partial charge on any atom is -0.463 e. The van der Waals surface area contributed by atoms with Crippen LogP contribution < -0.4 is 0 Å². The molecule has 1 unspecified atom stereocenters. The summed E-state index contributed by atoms with van der Waals surface area (Å²) >= 11 is 0. The Labute approximate surface area is 149 Å². The predicted octanol–water partition coefficient (Wildman–Crippen LogP) is 5.84. The van der Waals surface area contributed by atoms with Crippen molar-refractivity contribution >= 4 is 5.97 Å². The molecule has 3 heteroatoms. The zero-order valence-corrected chi connectivity index (χ0v) is 17.1. The first-order valence-electron chi connectivity index (χ1n) is 9.17. The zero-order chi connectivity index (χ0) is 18.8. The van der Waals surface area contributed by atoms with Gasteiger partial charge in [-0.25, -0.2) is 4.79 Å². The topological polar surface area (TPSA) is 35.5 Å². The fourth-order valence-electron chi connectivity index (χ4n) is 2.78. The maximum Gasteiger partial charge on any atom is 0.330 e. The fraction of sp³-hybridized carbons (Fsp3) is 0.762. The Balaban J connectivity index is 4.12. The van der Waals surface area contributed by atoms with Crippen LogP contribution in [-0.2, 0) is 14.3 Å². The molecule has 0 rings (SSSR count). The summed E-state index contributed by atoms with van der Waals surface area (Å²) in [4.78, 5) is 11.3. The van der Waals surface area contributed by atoms with Gasteiger partial charge in [0.05, 0.1) is 17.8 Å². The van der Waals surface area contributed by atoms with Gasteiger partial charge in [0.15, 0.2) is 0 Å². The van der Waals surface area contributed by atoms with E-state index in [0.717, 1.165) is 24.8 Å². The standard InChI is InChI=1S/C21H38O3/c1-9-23-19(22)16-18(3)13-10-12-17(2)14-11-15-21(7,8)24-20(4,5)6/h10,13,16-17H,9,11-12,14-15H2,1-8H3/b13-10+,18-16+. The molecule has 0 aromatic carbocycles. The summed E-state index contributed by atoms with van der Waals surface area (Å²) in [6, 6.07) is 0. The van der Waals surface area contributed by atoms with Crippen molar-refractivity contribution < 1.29 is 14.3 Å². The molecule has 3 nitrogen and oxygen atoms in total. The Morgan fingerprint density at radius 2 is 1.79 bits per heavy atom. The molecular weight excluding hydrogens is 300 g/mol. The van der Waals surface area contributed by atoms with Crippen LogP contribution in [0.4, 0.5) is 0 Å². The zero-order valence-electron chi connectivity index (χ0n) is 17.1. The summed E-state index contributed by atoms with van der Waals surface area (Å²) in [6.45, 7) is 17.1. The smallest absolute Gasteiger partial charge is 0.330 e. The van der Waals surface area contributed by atoms with Crippen molar-refractivity contribution in [3.8, 4) is 0 Å². The van der Waals surface area contributed by atoms with Crippen molar-refractivity contribution in [3.05, 3.63) is 23.8 Å². The van der Waals surface area contributed by atoms with Gasteiger partial charge >= 0.3 is 5.97 Å². The van der Waals surface area contributed by atoms with E-state index in [1.54, 1.807) is 0 Å². The van der Waals surface area contributed by atoms with Crippen molar-refractivity contribution in [1.82, 2.24) is 0 Å². The maximum absolute atomic E-state index is 11.3. The van der Waals surface area contributed by atoms with Gasteiger partial charge in [-0.15, -0.1) is 0 Å². The van der Waals surface area contributed by atoms with Gasteiger partial charge in [-0.05, 0) is 72.8 Å². The van der Waals surface area contributed by atoms with Crippen LogP contribution in [0.15, 0.2) is 23.8 Å². The van der Waals surface area contributed by atoms with Crippen molar-refractivity contribution in [2.45, 2.75) is 92.3 Å². The van der Waals surface area contributed by atoms with Crippen LogP contribution in [0.5, 0.6) is 0 Å². The third-order valence-corrected chi connectivity index (χ3v) is 3.61. The van der Waals surface area contributed by atoms with Crippen LogP contribution in [-0.4, -0.2) is 23.8 Å². The molecule has 0 radical (unpaired) electrons. The van der Waals surface area contributed by atoms with Crippen LogP contribution in [0.2, 0.25) is 0 Å². The number of hydrogen-bond donors (Lipinski definition) is 0. The lowest BCUT2D eigenvalue weighted by molar-refractivity contribution is -0.137. The van der Waals surface area contributed by atoms with Gasteiger partial charge < -0.3 is 9.47 Å². The molecule has 24 heavy (non-hydrogen) atoms. The second-order valence-corrected chi connectivity index (χ2v) is 8.25. The van der Waals surface area contributed by atoms with E-state index in [1.807, 2.05) is 19.9 Å². The highest BCUT2D eigenvalue weighted by molar-refractivity contribution is 5.83. The van der Waals surface area contributed by atoms with Gasteiger partial charge in [-0.2, -0.15) is 0 Å². The van der Waals surface area contributed by atoms with Crippen molar-refractivity contribution in [2.24, 2.45) is 5.92 Å². The Morgan fingerprint density at radius 1 is 1.17 bits per heavy atom. The van der Waals surface area contributed by atoms with Crippen LogP contribution in [0.1, 0.15) is 81.1 Å². The number of esters is 1. The van der Waals surface area contributed by atoms with E-state index in [4.69, 9.17) is 9.47 Å². The highest BCUT2D eigenvalue weighted by atomic mass is 16.5. The molecule has 0 heterocycles. The molecule has 0 saturated heterocycles. The summed E-state index contributed by atoms with van der Waals surface area (Å²) < 4.78 is 11.0. The van der Waals surface area contributed by atoms with Crippen molar-refractivity contribution in [1.29, 1.82) is 0 Å². The van der Waals surface area contributed by atoms with Gasteiger partial charge in [0.25, 0.3) is 0 Å². The first-order valence-corrected chi connectivity index (χ1v) is 9.17. The number of allylic oxidation sites excluding steroid dienone is 3. The van der Waals surface area contributed by atoms with Crippen LogP contribution >= 0.6 is 0 Å². The molecule has 0 bridgehead atoms. The lowest BCUT2D eigenvalue weighted by Gasteiger charge is -2.34. The largest absolute Gasteiger partial charge is 0.463 e. The van der Waals surface area contributed by atoms with E-state index >= 15 is 0 Å². The number of carbonyl (C=O) groups is 1. The average Bonchev–Trinajstić information content (AvgIpc) is 2.35. The molecule has 0 aromatic heterocycles. The summed E-state index contributed by atoms with van der Waals surface area (Å²) in [5.74, 6) is 0.357. The van der Waals surface area contributed by atoms with E-state index < -0.39 is 0 Å². The molecule has 0 aliphatic rings. The monoisotopic (exact) mass is 338 g/mol. The van der Waals surface area contributed by atoms with E-state index in [-0.39, 0.29) is 17.2 Å². The van der Waals surface area contributed by atoms with Crippen LogP contribution in [0.25, 0.3) is 0 Å². The first kappa shape index (κ1) is 22.9. The normalized spacial score (nSPS) is 14.9. The molecular formula is C21H38O3. The number of carbonyl (C=O) groups excluding carboxylic acids is 1. The Kier molecular flexibility index (Phi) is 10.2.